The van der Waals surface area contributed by atoms with Gasteiger partial charge in [-0.05, 0) is 34.7 Å². The molecule has 1 unspecified atom stereocenters. The van der Waals surface area contributed by atoms with Crippen molar-refractivity contribution in [2.45, 2.75) is 20.0 Å². The lowest BCUT2D eigenvalue weighted by Gasteiger charge is -2.07. The number of carbonyl (C=O) groups is 1. The average Bonchev–Trinajstić information content (AvgIpc) is 2.75. The second-order valence-electron chi connectivity index (χ2n) is 2.65. The zero-order valence-corrected chi connectivity index (χ0v) is 13.1. The summed E-state index contributed by atoms with van der Waals surface area (Å²) in [7, 11) is 0. The van der Waals surface area contributed by atoms with E-state index in [1.807, 2.05) is 19.9 Å². The molecule has 0 radical (unpaired) electrons. The minimum Gasteiger partial charge on any atom is -0.390 e. The molecule has 3 nitrogen and oxygen atoms in total. The number of hydrogen-bond acceptors (Lipinski definition) is 4. The minimum absolute atomic E-state index is 0.140. The third-order valence-corrected chi connectivity index (χ3v) is 3.82. The Bertz CT molecular complexity index is 318. The maximum absolute atomic E-state index is 11.4. The summed E-state index contributed by atoms with van der Waals surface area (Å²) in [4.78, 5) is 12.1. The summed E-state index contributed by atoms with van der Waals surface area (Å²) in [5.41, 5.74) is 0. The number of carbonyl (C=O) groups excluding carboxylic acids is 1. The zero-order valence-electron chi connectivity index (χ0n) is 9.24. The molecule has 1 heterocycles. The van der Waals surface area contributed by atoms with E-state index in [1.54, 1.807) is 6.07 Å². The Morgan fingerprint density at radius 1 is 1.62 bits per heavy atom. The van der Waals surface area contributed by atoms with Gasteiger partial charge in [0.05, 0.1) is 13.9 Å². The van der Waals surface area contributed by atoms with Crippen molar-refractivity contribution in [3.63, 3.8) is 0 Å². The van der Waals surface area contributed by atoms with Crippen molar-refractivity contribution in [3.05, 3.63) is 19.9 Å². The summed E-state index contributed by atoms with van der Waals surface area (Å²) in [6, 6.07) is 3.66. The van der Waals surface area contributed by atoms with Crippen LogP contribution < -0.4 is 5.32 Å². The van der Waals surface area contributed by atoms with E-state index < -0.39 is 6.10 Å². The van der Waals surface area contributed by atoms with Crippen molar-refractivity contribution in [1.82, 2.24) is 5.32 Å². The summed E-state index contributed by atoms with van der Waals surface area (Å²) in [6.45, 7) is 4.25. The Morgan fingerprint density at radius 2 is 2.25 bits per heavy atom. The van der Waals surface area contributed by atoms with Crippen LogP contribution in [0.5, 0.6) is 0 Å². The van der Waals surface area contributed by atoms with Gasteiger partial charge in [0.25, 0.3) is 5.91 Å². The van der Waals surface area contributed by atoms with Crippen LogP contribution >= 0.6 is 46.6 Å². The van der Waals surface area contributed by atoms with E-state index in [4.69, 9.17) is 5.11 Å². The Balaban J connectivity index is 0.00000106. The van der Waals surface area contributed by atoms with E-state index in [0.717, 1.165) is 2.88 Å². The fourth-order valence-corrected chi connectivity index (χ4v) is 2.47. The normalized spacial score (nSPS) is 11.3. The quantitative estimate of drug-likeness (QED) is 0.561. The predicted octanol–water partition coefficient (Wildman–Crippen LogP) is 2.40. The van der Waals surface area contributed by atoms with Gasteiger partial charge in [0.2, 0.25) is 0 Å². The number of hydrogen-bond donors (Lipinski definition) is 3. The molecule has 0 aliphatic heterocycles. The van der Waals surface area contributed by atoms with Gasteiger partial charge in [-0.25, -0.2) is 0 Å². The molecule has 0 saturated heterocycles. The lowest BCUT2D eigenvalue weighted by molar-refractivity contribution is 0.0930. The number of thiol groups is 1. The van der Waals surface area contributed by atoms with E-state index in [9.17, 15) is 4.79 Å². The minimum atomic E-state index is -0.582. The Labute approximate surface area is 119 Å². The van der Waals surface area contributed by atoms with E-state index in [1.165, 1.54) is 11.3 Å². The van der Waals surface area contributed by atoms with Crippen molar-refractivity contribution in [2.24, 2.45) is 0 Å². The second kappa shape index (κ2) is 9.26. The van der Waals surface area contributed by atoms with Gasteiger partial charge < -0.3 is 10.4 Å². The summed E-state index contributed by atoms with van der Waals surface area (Å²) < 4.78 is 1.07. The molecule has 16 heavy (non-hydrogen) atoms. The average molecular weight is 373 g/mol. The number of aliphatic hydroxyl groups excluding tert-OH is 1. The van der Waals surface area contributed by atoms with E-state index in [0.29, 0.717) is 10.6 Å². The first-order valence-electron chi connectivity index (χ1n) is 4.96. The van der Waals surface area contributed by atoms with Crippen molar-refractivity contribution in [2.75, 3.05) is 12.3 Å². The van der Waals surface area contributed by atoms with Crippen LogP contribution in [0.2, 0.25) is 0 Å². The third-order valence-electron chi connectivity index (χ3n) is 1.51. The molecule has 1 amide bonds. The summed E-state index contributed by atoms with van der Waals surface area (Å²) in [5.74, 6) is 0.209. The highest BCUT2D eigenvalue weighted by molar-refractivity contribution is 14.1. The third kappa shape index (κ3) is 6.07. The van der Waals surface area contributed by atoms with Gasteiger partial charge in [0, 0.05) is 12.3 Å². The highest BCUT2D eigenvalue weighted by Crippen LogP contribution is 2.17. The van der Waals surface area contributed by atoms with Crippen LogP contribution in [0.15, 0.2) is 12.1 Å². The van der Waals surface area contributed by atoms with Crippen LogP contribution in [0.4, 0.5) is 0 Å². The standard InChI is InChI=1S/C8H10INO2S2.C2H6/c9-7-2-1-6(14-7)8(12)10-3-5(11)4-13;1-2/h1-2,5,11,13H,3-4H2,(H,10,12);1-2H3. The molecule has 0 bridgehead atoms. The van der Waals surface area contributed by atoms with E-state index in [-0.39, 0.29) is 12.5 Å². The van der Waals surface area contributed by atoms with Crippen molar-refractivity contribution >= 4 is 52.5 Å². The topological polar surface area (TPSA) is 49.3 Å². The monoisotopic (exact) mass is 373 g/mol. The molecule has 1 aromatic rings. The molecule has 0 aliphatic rings. The van der Waals surface area contributed by atoms with Crippen LogP contribution in [-0.4, -0.2) is 29.4 Å². The molecule has 0 aliphatic carbocycles. The van der Waals surface area contributed by atoms with Gasteiger partial charge in [0.15, 0.2) is 0 Å². The van der Waals surface area contributed by atoms with E-state index in [2.05, 4.69) is 40.5 Å². The number of amides is 1. The first-order valence-corrected chi connectivity index (χ1v) is 7.48. The molecule has 2 N–H and O–H groups in total. The van der Waals surface area contributed by atoms with Crippen LogP contribution in [0.3, 0.4) is 0 Å². The second-order valence-corrected chi connectivity index (χ2v) is 5.99. The maximum atomic E-state index is 11.4. The van der Waals surface area contributed by atoms with Gasteiger partial charge in [-0.15, -0.1) is 11.3 Å². The lowest BCUT2D eigenvalue weighted by Crippen LogP contribution is -2.32. The fourth-order valence-electron chi connectivity index (χ4n) is 0.799. The molecule has 0 fully saturated rings. The molecule has 1 aromatic heterocycles. The van der Waals surface area contributed by atoms with Crippen molar-refractivity contribution < 1.29 is 9.90 Å². The molecular weight excluding hydrogens is 357 g/mol. The number of halogens is 1. The summed E-state index contributed by atoms with van der Waals surface area (Å²) >= 11 is 7.50. The largest absolute Gasteiger partial charge is 0.390 e. The maximum Gasteiger partial charge on any atom is 0.261 e. The number of aliphatic hydroxyl groups is 1. The van der Waals surface area contributed by atoms with Gasteiger partial charge >= 0.3 is 0 Å². The number of thiophene rings is 1. The summed E-state index contributed by atoms with van der Waals surface area (Å²) in [6.07, 6.45) is -0.582. The van der Waals surface area contributed by atoms with Gasteiger partial charge in [-0.2, -0.15) is 12.6 Å². The van der Waals surface area contributed by atoms with E-state index >= 15 is 0 Å². The molecule has 1 rings (SSSR count). The highest BCUT2D eigenvalue weighted by atomic mass is 127. The van der Waals surface area contributed by atoms with Crippen molar-refractivity contribution in [3.8, 4) is 0 Å². The Hall–Kier alpha value is 0.210. The Kier molecular flexibility index (Phi) is 9.38. The number of nitrogens with one attached hydrogen (secondary N) is 1. The number of rotatable bonds is 4. The zero-order chi connectivity index (χ0) is 12.6. The van der Waals surface area contributed by atoms with Crippen molar-refractivity contribution in [1.29, 1.82) is 0 Å². The molecule has 1 atom stereocenters. The van der Waals surface area contributed by atoms with Crippen LogP contribution in [0.1, 0.15) is 23.5 Å². The molecule has 0 saturated carbocycles. The smallest absolute Gasteiger partial charge is 0.261 e. The van der Waals surface area contributed by atoms with Gasteiger partial charge in [0.1, 0.15) is 0 Å². The Morgan fingerprint density at radius 3 is 2.69 bits per heavy atom. The lowest BCUT2D eigenvalue weighted by atomic mass is 10.4. The fraction of sp³-hybridized carbons (Fsp3) is 0.500. The molecule has 92 valence electrons. The summed E-state index contributed by atoms with van der Waals surface area (Å²) in [5, 5.41) is 11.8. The SMILES string of the molecule is CC.O=C(NCC(O)CS)c1ccc(I)s1. The van der Waals surface area contributed by atoms with Gasteiger partial charge in [-0.1, -0.05) is 13.8 Å². The molecule has 0 aromatic carbocycles. The first kappa shape index (κ1) is 16.2. The van der Waals surface area contributed by atoms with Crippen LogP contribution in [0, 0.1) is 2.88 Å². The van der Waals surface area contributed by atoms with Crippen LogP contribution in [-0.2, 0) is 0 Å². The van der Waals surface area contributed by atoms with Gasteiger partial charge in [-0.3, -0.25) is 4.79 Å². The highest BCUT2D eigenvalue weighted by Gasteiger charge is 2.09. The molecule has 6 heteroatoms. The first-order chi connectivity index (χ1) is 7.63. The van der Waals surface area contributed by atoms with Crippen LogP contribution in [0.25, 0.3) is 0 Å². The molecule has 0 spiro atoms. The molecular formula is C10H16INO2S2. The predicted molar refractivity (Wildman–Crippen MR) is 80.6 cm³/mol.